The minimum absolute atomic E-state index is 0.00530. The fourth-order valence-corrected chi connectivity index (χ4v) is 1.65. The summed E-state index contributed by atoms with van der Waals surface area (Å²) in [4.78, 5) is 13.9. The Hall–Kier alpha value is -1.35. The van der Waals surface area contributed by atoms with E-state index in [0.29, 0.717) is 13.1 Å². The van der Waals surface area contributed by atoms with Crippen LogP contribution >= 0.6 is 0 Å². The summed E-state index contributed by atoms with van der Waals surface area (Å²) < 4.78 is 0. The number of carbonyl (C=O) groups excluding carboxylic acids is 1. The van der Waals surface area contributed by atoms with Crippen LogP contribution in [0.15, 0.2) is 30.3 Å². The summed E-state index contributed by atoms with van der Waals surface area (Å²) in [5.41, 5.74) is 0.669. The van der Waals surface area contributed by atoms with E-state index >= 15 is 0 Å². The molecule has 1 N–H and O–H groups in total. The van der Waals surface area contributed by atoms with Gasteiger partial charge < -0.3 is 10.0 Å². The van der Waals surface area contributed by atoms with Crippen LogP contribution in [0.2, 0.25) is 0 Å². The van der Waals surface area contributed by atoms with Gasteiger partial charge in [-0.2, -0.15) is 0 Å². The maximum Gasteiger partial charge on any atom is 0.228 e. The molecule has 0 heterocycles. The zero-order chi connectivity index (χ0) is 12.9. The Balaban J connectivity index is 2.77. The average Bonchev–Trinajstić information content (AvgIpc) is 2.28. The number of amides is 1. The number of hydrogen-bond donors (Lipinski definition) is 1. The van der Waals surface area contributed by atoms with E-state index in [-0.39, 0.29) is 12.5 Å². The summed E-state index contributed by atoms with van der Waals surface area (Å²) in [6.45, 7) is 6.61. The maximum absolute atomic E-state index is 12.2. The van der Waals surface area contributed by atoms with Gasteiger partial charge in [0.25, 0.3) is 0 Å². The van der Waals surface area contributed by atoms with Crippen molar-refractivity contribution < 1.29 is 9.90 Å². The number of benzene rings is 1. The Morgan fingerprint density at radius 2 is 1.82 bits per heavy atom. The summed E-state index contributed by atoms with van der Waals surface area (Å²) in [6, 6.07) is 9.83. The third-order valence-corrected chi connectivity index (χ3v) is 2.51. The van der Waals surface area contributed by atoms with Gasteiger partial charge in [0.05, 0.1) is 6.61 Å². The molecule has 1 aromatic carbocycles. The lowest BCUT2D eigenvalue weighted by molar-refractivity contribution is -0.140. The molecule has 17 heavy (non-hydrogen) atoms. The van der Waals surface area contributed by atoms with Crippen LogP contribution in [-0.2, 0) is 11.3 Å². The molecule has 94 valence electrons. The first kappa shape index (κ1) is 13.7. The second-order valence-corrected chi connectivity index (χ2v) is 5.19. The number of rotatable bonds is 4. The number of aliphatic hydroxyl groups is 1. The molecule has 0 aliphatic rings. The van der Waals surface area contributed by atoms with Crippen LogP contribution in [0.1, 0.15) is 26.3 Å². The zero-order valence-electron chi connectivity index (χ0n) is 10.8. The van der Waals surface area contributed by atoms with Gasteiger partial charge >= 0.3 is 0 Å². The number of hydrogen-bond acceptors (Lipinski definition) is 2. The van der Waals surface area contributed by atoms with E-state index < -0.39 is 5.41 Å². The van der Waals surface area contributed by atoms with E-state index in [0.717, 1.165) is 5.56 Å². The molecule has 0 aliphatic carbocycles. The molecular weight excluding hydrogens is 214 g/mol. The van der Waals surface area contributed by atoms with Crippen molar-refractivity contribution in [3.63, 3.8) is 0 Å². The molecule has 1 aromatic rings. The second-order valence-electron chi connectivity index (χ2n) is 5.19. The first-order valence-corrected chi connectivity index (χ1v) is 5.89. The van der Waals surface area contributed by atoms with Crippen molar-refractivity contribution in [1.29, 1.82) is 0 Å². The van der Waals surface area contributed by atoms with E-state index in [1.54, 1.807) is 4.90 Å². The van der Waals surface area contributed by atoms with Crippen molar-refractivity contribution in [1.82, 2.24) is 4.90 Å². The van der Waals surface area contributed by atoms with Crippen LogP contribution in [0.3, 0.4) is 0 Å². The highest BCUT2D eigenvalue weighted by atomic mass is 16.3. The first-order chi connectivity index (χ1) is 7.95. The summed E-state index contributed by atoms with van der Waals surface area (Å²) in [5.74, 6) is 0.0652. The van der Waals surface area contributed by atoms with Gasteiger partial charge in [-0.3, -0.25) is 4.79 Å². The molecule has 0 aliphatic heterocycles. The Kier molecular flexibility index (Phi) is 4.70. The monoisotopic (exact) mass is 235 g/mol. The van der Waals surface area contributed by atoms with Gasteiger partial charge in [-0.15, -0.1) is 0 Å². The highest BCUT2D eigenvalue weighted by Crippen LogP contribution is 2.18. The third-order valence-electron chi connectivity index (χ3n) is 2.51. The standard InChI is InChI=1S/C14H21NO2/c1-14(2,3)13(17)15(9-10-16)11-12-7-5-4-6-8-12/h4-8,16H,9-11H2,1-3H3. The van der Waals surface area contributed by atoms with Crippen LogP contribution in [0, 0.1) is 5.41 Å². The van der Waals surface area contributed by atoms with Gasteiger partial charge in [0.15, 0.2) is 0 Å². The van der Waals surface area contributed by atoms with Crippen LogP contribution in [0.4, 0.5) is 0 Å². The maximum atomic E-state index is 12.2. The smallest absolute Gasteiger partial charge is 0.228 e. The van der Waals surface area contributed by atoms with Crippen LogP contribution in [0.5, 0.6) is 0 Å². The number of carbonyl (C=O) groups is 1. The summed E-state index contributed by atoms with van der Waals surface area (Å²) in [5, 5.41) is 9.04. The minimum atomic E-state index is -0.413. The van der Waals surface area contributed by atoms with Crippen molar-refractivity contribution in [3.8, 4) is 0 Å². The SMILES string of the molecule is CC(C)(C)C(=O)N(CCO)Cc1ccccc1. The summed E-state index contributed by atoms with van der Waals surface area (Å²) in [7, 11) is 0. The fourth-order valence-electron chi connectivity index (χ4n) is 1.65. The predicted octanol–water partition coefficient (Wildman–Crippen LogP) is 2.05. The molecule has 1 amide bonds. The van der Waals surface area contributed by atoms with E-state index in [4.69, 9.17) is 5.11 Å². The molecule has 0 radical (unpaired) electrons. The molecule has 3 heteroatoms. The first-order valence-electron chi connectivity index (χ1n) is 5.89. The van der Waals surface area contributed by atoms with Gasteiger partial charge in [-0.25, -0.2) is 0 Å². The van der Waals surface area contributed by atoms with Crippen LogP contribution < -0.4 is 0 Å². The molecule has 0 unspecified atom stereocenters. The normalized spacial score (nSPS) is 11.3. The lowest BCUT2D eigenvalue weighted by Gasteiger charge is -2.29. The lowest BCUT2D eigenvalue weighted by Crippen LogP contribution is -2.40. The van der Waals surface area contributed by atoms with Gasteiger partial charge in [0, 0.05) is 18.5 Å². The largest absolute Gasteiger partial charge is 0.395 e. The Labute approximate surface area is 103 Å². The molecule has 0 atom stereocenters. The van der Waals surface area contributed by atoms with Crippen molar-refractivity contribution in [2.75, 3.05) is 13.2 Å². The highest BCUT2D eigenvalue weighted by Gasteiger charge is 2.26. The van der Waals surface area contributed by atoms with Crippen molar-refractivity contribution in [3.05, 3.63) is 35.9 Å². The molecule has 0 fully saturated rings. The summed E-state index contributed by atoms with van der Waals surface area (Å²) >= 11 is 0. The minimum Gasteiger partial charge on any atom is -0.395 e. The topological polar surface area (TPSA) is 40.5 Å². The average molecular weight is 235 g/mol. The molecule has 0 bridgehead atoms. The third kappa shape index (κ3) is 4.19. The van der Waals surface area contributed by atoms with Crippen molar-refractivity contribution in [2.45, 2.75) is 27.3 Å². The van der Waals surface area contributed by atoms with Gasteiger partial charge in [-0.1, -0.05) is 51.1 Å². The Bertz CT molecular complexity index is 354. The fraction of sp³-hybridized carbons (Fsp3) is 0.500. The van der Waals surface area contributed by atoms with E-state index in [9.17, 15) is 4.79 Å². The number of nitrogens with zero attached hydrogens (tertiary/aromatic N) is 1. The van der Waals surface area contributed by atoms with Gasteiger partial charge in [0.2, 0.25) is 5.91 Å². The zero-order valence-corrected chi connectivity index (χ0v) is 10.8. The Morgan fingerprint density at radius 3 is 2.29 bits per heavy atom. The van der Waals surface area contributed by atoms with Crippen molar-refractivity contribution >= 4 is 5.91 Å². The molecule has 0 saturated heterocycles. The predicted molar refractivity (Wildman–Crippen MR) is 68.4 cm³/mol. The van der Waals surface area contributed by atoms with Crippen molar-refractivity contribution in [2.24, 2.45) is 5.41 Å². The molecule has 1 rings (SSSR count). The molecule has 0 spiro atoms. The lowest BCUT2D eigenvalue weighted by atomic mass is 9.94. The molecular formula is C14H21NO2. The molecule has 3 nitrogen and oxygen atoms in total. The Morgan fingerprint density at radius 1 is 1.24 bits per heavy atom. The number of aliphatic hydroxyl groups excluding tert-OH is 1. The van der Waals surface area contributed by atoms with E-state index in [1.165, 1.54) is 0 Å². The van der Waals surface area contributed by atoms with Crippen LogP contribution in [-0.4, -0.2) is 29.1 Å². The quantitative estimate of drug-likeness (QED) is 0.867. The van der Waals surface area contributed by atoms with Crippen LogP contribution in [0.25, 0.3) is 0 Å². The summed E-state index contributed by atoms with van der Waals surface area (Å²) in [6.07, 6.45) is 0. The van der Waals surface area contributed by atoms with Gasteiger partial charge in [-0.05, 0) is 5.56 Å². The van der Waals surface area contributed by atoms with E-state index in [1.807, 2.05) is 51.1 Å². The molecule has 0 saturated carbocycles. The van der Waals surface area contributed by atoms with E-state index in [2.05, 4.69) is 0 Å². The van der Waals surface area contributed by atoms with Gasteiger partial charge in [0.1, 0.15) is 0 Å². The highest BCUT2D eigenvalue weighted by molar-refractivity contribution is 5.81. The second kappa shape index (κ2) is 5.82. The molecule has 0 aromatic heterocycles.